The molecule has 1 heterocycles. The number of amides is 2. The number of nitrogens with one attached hydrogen (secondary N) is 1. The molecular weight excluding hydrogens is 300 g/mol. The molecule has 0 saturated heterocycles. The van der Waals surface area contributed by atoms with E-state index in [2.05, 4.69) is 10.3 Å². The van der Waals surface area contributed by atoms with Gasteiger partial charge in [0, 0.05) is 30.1 Å². The Labute approximate surface area is 123 Å². The van der Waals surface area contributed by atoms with Crippen LogP contribution in [-0.2, 0) is 0 Å². The maximum Gasteiger partial charge on any atom is 0.345 e. The normalized spacial score (nSPS) is 11.2. The predicted octanol–water partition coefficient (Wildman–Crippen LogP) is 2.42. The zero-order chi connectivity index (χ0) is 15.4. The Morgan fingerprint density at radius 1 is 1.33 bits per heavy atom. The second kappa shape index (κ2) is 6.06. The van der Waals surface area contributed by atoms with Crippen molar-refractivity contribution in [1.29, 1.82) is 0 Å². The molecule has 0 spiro atoms. The number of carbonyl (C=O) groups excluding carboxylic acids is 1. The number of benzene rings is 1. The summed E-state index contributed by atoms with van der Waals surface area (Å²) < 4.78 is 0.675. The number of nitro benzene ring substituents is 1. The third kappa shape index (κ3) is 3.80. The number of rotatable bonds is 2. The van der Waals surface area contributed by atoms with Crippen molar-refractivity contribution in [2.24, 2.45) is 4.99 Å². The highest BCUT2D eigenvalue weighted by molar-refractivity contribution is 6.29. The molecule has 1 aromatic heterocycles. The molecule has 0 aliphatic heterocycles. The maximum absolute atomic E-state index is 11.7. The highest BCUT2D eigenvalue weighted by Gasteiger charge is 2.05. The Morgan fingerprint density at radius 3 is 2.57 bits per heavy atom. The van der Waals surface area contributed by atoms with E-state index in [1.165, 1.54) is 42.6 Å². The first-order valence-electron chi connectivity index (χ1n) is 5.63. The van der Waals surface area contributed by atoms with Gasteiger partial charge in [0.15, 0.2) is 0 Å². The molecule has 0 radical (unpaired) electrons. The van der Waals surface area contributed by atoms with Crippen LogP contribution >= 0.6 is 11.6 Å². The van der Waals surface area contributed by atoms with Gasteiger partial charge in [-0.25, -0.2) is 4.79 Å². The van der Waals surface area contributed by atoms with Gasteiger partial charge in [-0.2, -0.15) is 9.72 Å². The van der Waals surface area contributed by atoms with Crippen LogP contribution in [0.15, 0.2) is 47.6 Å². The molecule has 8 nitrogen and oxygen atoms in total. The molecule has 9 heteroatoms. The molecule has 2 aromatic rings. The summed E-state index contributed by atoms with van der Waals surface area (Å²) in [4.78, 5) is 25.4. The number of urea groups is 1. The number of nitrogens with zero attached hydrogens (tertiary/aromatic N) is 3. The van der Waals surface area contributed by atoms with Crippen LogP contribution in [0, 0.1) is 10.1 Å². The highest BCUT2D eigenvalue weighted by atomic mass is 35.5. The smallest absolute Gasteiger partial charge is 0.345 e. The lowest BCUT2D eigenvalue weighted by Crippen LogP contribution is -2.13. The van der Waals surface area contributed by atoms with Crippen molar-refractivity contribution in [2.75, 3.05) is 5.32 Å². The average molecular weight is 309 g/mol. The van der Waals surface area contributed by atoms with Crippen LogP contribution in [0.25, 0.3) is 0 Å². The van der Waals surface area contributed by atoms with Gasteiger partial charge in [0.25, 0.3) is 5.69 Å². The first kappa shape index (κ1) is 14.5. The van der Waals surface area contributed by atoms with E-state index >= 15 is 0 Å². The van der Waals surface area contributed by atoms with Crippen LogP contribution in [0.2, 0.25) is 5.15 Å². The molecule has 1 aromatic carbocycles. The van der Waals surface area contributed by atoms with E-state index in [4.69, 9.17) is 11.6 Å². The summed E-state index contributed by atoms with van der Waals surface area (Å²) in [6, 6.07) is 7.35. The topological polar surface area (TPSA) is 110 Å². The Hall–Kier alpha value is -2.87. The Morgan fingerprint density at radius 2 is 2.00 bits per heavy atom. The molecule has 0 unspecified atom stereocenters. The molecule has 0 aliphatic rings. The fourth-order valence-corrected chi connectivity index (χ4v) is 1.63. The second-order valence-corrected chi connectivity index (χ2v) is 4.29. The Bertz CT molecular complexity index is 755. The van der Waals surface area contributed by atoms with Crippen LogP contribution in [0.4, 0.5) is 16.2 Å². The summed E-state index contributed by atoms with van der Waals surface area (Å²) in [6.45, 7) is 0. The quantitative estimate of drug-likeness (QED) is 0.384. The van der Waals surface area contributed by atoms with E-state index in [9.17, 15) is 20.1 Å². The molecule has 2 rings (SSSR count). The SMILES string of the molecule is O=C(/N=c1\ccn(O)c(Cl)c1)Nc1ccc([N+](=O)[O-])cc1. The third-order valence-electron chi connectivity index (χ3n) is 2.43. The van der Waals surface area contributed by atoms with Crippen molar-refractivity contribution in [3.8, 4) is 0 Å². The molecular formula is C12H9ClN4O4. The van der Waals surface area contributed by atoms with Crippen LogP contribution in [0.5, 0.6) is 0 Å². The van der Waals surface area contributed by atoms with Crippen molar-refractivity contribution >= 4 is 29.0 Å². The average Bonchev–Trinajstić information content (AvgIpc) is 2.43. The zero-order valence-corrected chi connectivity index (χ0v) is 11.2. The fourth-order valence-electron chi connectivity index (χ4n) is 1.46. The third-order valence-corrected chi connectivity index (χ3v) is 2.71. The highest BCUT2D eigenvalue weighted by Crippen LogP contribution is 2.15. The van der Waals surface area contributed by atoms with Gasteiger partial charge in [-0.15, -0.1) is 0 Å². The van der Waals surface area contributed by atoms with Crippen LogP contribution < -0.4 is 10.7 Å². The summed E-state index contributed by atoms with van der Waals surface area (Å²) >= 11 is 5.66. The standard InChI is InChI=1S/C12H9ClN4O4/c13-11-7-9(5-6-16(11)19)15-12(18)14-8-1-3-10(4-2-8)17(20)21/h1-7,19H,(H,14,18)/b15-9+. The number of anilines is 1. The van der Waals surface area contributed by atoms with E-state index in [0.717, 1.165) is 0 Å². The summed E-state index contributed by atoms with van der Waals surface area (Å²) in [7, 11) is 0. The number of carbonyl (C=O) groups is 1. The van der Waals surface area contributed by atoms with Gasteiger partial charge in [0.2, 0.25) is 0 Å². The largest absolute Gasteiger partial charge is 0.428 e. The summed E-state index contributed by atoms with van der Waals surface area (Å²) in [5.41, 5.74) is 0.292. The molecule has 0 aliphatic carbocycles. The molecule has 0 bridgehead atoms. The molecule has 108 valence electrons. The predicted molar refractivity (Wildman–Crippen MR) is 74.3 cm³/mol. The van der Waals surface area contributed by atoms with Crippen molar-refractivity contribution in [3.63, 3.8) is 0 Å². The minimum Gasteiger partial charge on any atom is -0.428 e. The first-order chi connectivity index (χ1) is 9.95. The second-order valence-electron chi connectivity index (χ2n) is 3.90. The zero-order valence-electron chi connectivity index (χ0n) is 10.4. The van der Waals surface area contributed by atoms with E-state index in [1.807, 2.05) is 0 Å². The number of non-ortho nitro benzene ring substituents is 1. The Balaban J connectivity index is 2.14. The summed E-state index contributed by atoms with van der Waals surface area (Å²) in [5.74, 6) is 0. The molecule has 0 saturated carbocycles. The van der Waals surface area contributed by atoms with E-state index in [0.29, 0.717) is 10.4 Å². The van der Waals surface area contributed by atoms with Crippen LogP contribution in [-0.4, -0.2) is 20.9 Å². The number of hydrogen-bond acceptors (Lipinski definition) is 4. The van der Waals surface area contributed by atoms with E-state index < -0.39 is 11.0 Å². The summed E-state index contributed by atoms with van der Waals surface area (Å²) in [5, 5.41) is 22.4. The van der Waals surface area contributed by atoms with Crippen molar-refractivity contribution in [3.05, 3.63) is 63.2 Å². The van der Waals surface area contributed by atoms with Crippen molar-refractivity contribution in [1.82, 2.24) is 4.73 Å². The number of pyridine rings is 1. The molecule has 0 fully saturated rings. The Kier molecular flexibility index (Phi) is 4.19. The number of halogens is 1. The monoisotopic (exact) mass is 308 g/mol. The van der Waals surface area contributed by atoms with Gasteiger partial charge >= 0.3 is 6.03 Å². The number of hydrogen-bond donors (Lipinski definition) is 2. The maximum atomic E-state index is 11.7. The summed E-state index contributed by atoms with van der Waals surface area (Å²) in [6.07, 6.45) is 1.24. The minimum atomic E-state index is -0.671. The number of nitro groups is 1. The van der Waals surface area contributed by atoms with Gasteiger partial charge in [0.1, 0.15) is 5.15 Å². The van der Waals surface area contributed by atoms with Crippen LogP contribution in [0.1, 0.15) is 0 Å². The molecule has 0 atom stereocenters. The van der Waals surface area contributed by atoms with Gasteiger partial charge in [-0.3, -0.25) is 10.1 Å². The lowest BCUT2D eigenvalue weighted by molar-refractivity contribution is -0.384. The molecule has 2 amide bonds. The van der Waals surface area contributed by atoms with E-state index in [-0.39, 0.29) is 16.2 Å². The lowest BCUT2D eigenvalue weighted by atomic mass is 10.3. The van der Waals surface area contributed by atoms with Gasteiger partial charge < -0.3 is 10.5 Å². The van der Waals surface area contributed by atoms with Crippen molar-refractivity contribution in [2.45, 2.75) is 0 Å². The minimum absolute atomic E-state index is 0.000569. The van der Waals surface area contributed by atoms with Crippen molar-refractivity contribution < 1.29 is 14.9 Å². The first-order valence-corrected chi connectivity index (χ1v) is 6.01. The fraction of sp³-hybridized carbons (Fsp3) is 0. The lowest BCUT2D eigenvalue weighted by Gasteiger charge is -2.01. The van der Waals surface area contributed by atoms with Gasteiger partial charge in [-0.1, -0.05) is 11.6 Å². The van der Waals surface area contributed by atoms with Gasteiger partial charge in [0.05, 0.1) is 10.3 Å². The van der Waals surface area contributed by atoms with Crippen LogP contribution in [0.3, 0.4) is 0 Å². The van der Waals surface area contributed by atoms with E-state index in [1.54, 1.807) is 0 Å². The molecule has 21 heavy (non-hydrogen) atoms. The molecule has 2 N–H and O–H groups in total. The number of aromatic nitrogens is 1. The van der Waals surface area contributed by atoms with Gasteiger partial charge in [-0.05, 0) is 18.2 Å².